The molecule has 0 aromatic heterocycles. The molecule has 1 heterocycles. The van der Waals surface area contributed by atoms with Gasteiger partial charge in [0, 0.05) is 12.6 Å². The van der Waals surface area contributed by atoms with Crippen molar-refractivity contribution in [2.75, 3.05) is 18.4 Å². The van der Waals surface area contributed by atoms with Gasteiger partial charge in [0.1, 0.15) is 5.69 Å². The van der Waals surface area contributed by atoms with Crippen LogP contribution in [0.4, 0.5) is 11.4 Å². The van der Waals surface area contributed by atoms with Gasteiger partial charge in [-0.25, -0.2) is 0 Å². The summed E-state index contributed by atoms with van der Waals surface area (Å²) >= 11 is 0. The van der Waals surface area contributed by atoms with Crippen molar-refractivity contribution in [1.29, 1.82) is 0 Å². The standard InChI is InChI=1S/C9H10N4O2/c14-13(15)8-4-2-1-3-7(8)12-9-10-5-6-11-9/h1-4H,5-6H2,(H2,10,11,12). The number of rotatable bonds is 2. The molecule has 6 nitrogen and oxygen atoms in total. The van der Waals surface area contributed by atoms with Gasteiger partial charge in [-0.3, -0.25) is 15.1 Å². The molecule has 0 atom stereocenters. The SMILES string of the molecule is O=[N+]([O-])c1ccccc1NC1=NCCN1. The van der Waals surface area contributed by atoms with Crippen molar-refractivity contribution < 1.29 is 4.92 Å². The van der Waals surface area contributed by atoms with Crippen molar-refractivity contribution in [1.82, 2.24) is 5.32 Å². The highest BCUT2D eigenvalue weighted by Crippen LogP contribution is 2.22. The normalized spacial score (nSPS) is 14.3. The molecule has 1 aromatic rings. The van der Waals surface area contributed by atoms with Crippen molar-refractivity contribution in [3.8, 4) is 0 Å². The summed E-state index contributed by atoms with van der Waals surface area (Å²) in [6.07, 6.45) is 0. The topological polar surface area (TPSA) is 79.6 Å². The smallest absolute Gasteiger partial charge is 0.292 e. The number of para-hydroxylation sites is 2. The van der Waals surface area contributed by atoms with E-state index in [1.807, 2.05) is 0 Å². The monoisotopic (exact) mass is 206 g/mol. The van der Waals surface area contributed by atoms with Gasteiger partial charge in [-0.2, -0.15) is 0 Å². The molecule has 0 amide bonds. The van der Waals surface area contributed by atoms with Crippen LogP contribution in [-0.4, -0.2) is 24.0 Å². The van der Waals surface area contributed by atoms with Crippen molar-refractivity contribution in [3.05, 3.63) is 34.4 Å². The lowest BCUT2D eigenvalue weighted by Crippen LogP contribution is -2.26. The van der Waals surface area contributed by atoms with E-state index in [2.05, 4.69) is 15.6 Å². The molecule has 0 aliphatic carbocycles. The van der Waals surface area contributed by atoms with E-state index in [-0.39, 0.29) is 5.69 Å². The fraction of sp³-hybridized carbons (Fsp3) is 0.222. The van der Waals surface area contributed by atoms with Gasteiger partial charge in [0.05, 0.1) is 11.5 Å². The number of nitrogens with zero attached hydrogens (tertiary/aromatic N) is 2. The number of nitro groups is 1. The number of guanidine groups is 1. The van der Waals surface area contributed by atoms with Crippen LogP contribution in [0.25, 0.3) is 0 Å². The van der Waals surface area contributed by atoms with Gasteiger partial charge in [-0.05, 0) is 6.07 Å². The fourth-order valence-corrected chi connectivity index (χ4v) is 1.35. The van der Waals surface area contributed by atoms with Gasteiger partial charge >= 0.3 is 0 Å². The number of hydrogen-bond donors (Lipinski definition) is 2. The summed E-state index contributed by atoms with van der Waals surface area (Å²) in [5.41, 5.74) is 0.504. The summed E-state index contributed by atoms with van der Waals surface area (Å²) < 4.78 is 0. The van der Waals surface area contributed by atoms with Crippen LogP contribution in [-0.2, 0) is 0 Å². The van der Waals surface area contributed by atoms with Crippen LogP contribution in [0.15, 0.2) is 29.3 Å². The third-order valence-electron chi connectivity index (χ3n) is 2.03. The lowest BCUT2D eigenvalue weighted by atomic mass is 10.3. The van der Waals surface area contributed by atoms with Crippen LogP contribution in [0.3, 0.4) is 0 Å². The summed E-state index contributed by atoms with van der Waals surface area (Å²) in [4.78, 5) is 14.4. The van der Waals surface area contributed by atoms with E-state index in [0.29, 0.717) is 18.2 Å². The number of nitro benzene ring substituents is 1. The van der Waals surface area contributed by atoms with Gasteiger partial charge in [0.15, 0.2) is 5.96 Å². The molecular formula is C9H10N4O2. The molecule has 1 aromatic carbocycles. The minimum Gasteiger partial charge on any atom is -0.354 e. The number of anilines is 1. The van der Waals surface area contributed by atoms with E-state index in [0.717, 1.165) is 6.54 Å². The second-order valence-electron chi connectivity index (χ2n) is 3.06. The van der Waals surface area contributed by atoms with Crippen LogP contribution < -0.4 is 10.6 Å². The minimum atomic E-state index is -0.419. The predicted octanol–water partition coefficient (Wildman–Crippen LogP) is 0.966. The largest absolute Gasteiger partial charge is 0.354 e. The quantitative estimate of drug-likeness (QED) is 0.558. The Morgan fingerprint density at radius 1 is 1.47 bits per heavy atom. The summed E-state index contributed by atoms with van der Waals surface area (Å²) in [5, 5.41) is 16.6. The number of hydrogen-bond acceptors (Lipinski definition) is 5. The van der Waals surface area contributed by atoms with Crippen LogP contribution in [0.1, 0.15) is 0 Å². The van der Waals surface area contributed by atoms with E-state index >= 15 is 0 Å². The summed E-state index contributed by atoms with van der Waals surface area (Å²) in [5.74, 6) is 0.587. The molecule has 6 heteroatoms. The van der Waals surface area contributed by atoms with E-state index in [4.69, 9.17) is 0 Å². The van der Waals surface area contributed by atoms with Gasteiger partial charge in [-0.15, -0.1) is 0 Å². The fourth-order valence-electron chi connectivity index (χ4n) is 1.35. The summed E-state index contributed by atoms with van der Waals surface area (Å²) in [6.45, 7) is 1.46. The molecule has 0 spiro atoms. The van der Waals surface area contributed by atoms with Gasteiger partial charge in [-0.1, -0.05) is 12.1 Å². The van der Waals surface area contributed by atoms with Gasteiger partial charge < -0.3 is 10.6 Å². The van der Waals surface area contributed by atoms with Crippen molar-refractivity contribution in [2.24, 2.45) is 4.99 Å². The predicted molar refractivity (Wildman–Crippen MR) is 57.0 cm³/mol. The lowest BCUT2D eigenvalue weighted by Gasteiger charge is -2.06. The molecule has 2 rings (SSSR count). The highest BCUT2D eigenvalue weighted by molar-refractivity contribution is 5.96. The number of benzene rings is 1. The minimum absolute atomic E-state index is 0.0499. The highest BCUT2D eigenvalue weighted by atomic mass is 16.6. The Balaban J connectivity index is 2.23. The van der Waals surface area contributed by atoms with Gasteiger partial charge in [0.25, 0.3) is 5.69 Å². The van der Waals surface area contributed by atoms with Crippen LogP contribution in [0.5, 0.6) is 0 Å². The zero-order chi connectivity index (χ0) is 10.7. The molecule has 1 aliphatic heterocycles. The first-order valence-electron chi connectivity index (χ1n) is 4.56. The molecule has 0 radical (unpaired) electrons. The third-order valence-corrected chi connectivity index (χ3v) is 2.03. The first-order valence-corrected chi connectivity index (χ1v) is 4.56. The Kier molecular flexibility index (Phi) is 2.49. The van der Waals surface area contributed by atoms with Gasteiger partial charge in [0.2, 0.25) is 0 Å². The van der Waals surface area contributed by atoms with Crippen molar-refractivity contribution in [2.45, 2.75) is 0 Å². The summed E-state index contributed by atoms with van der Waals surface area (Å²) in [6, 6.07) is 6.48. The zero-order valence-corrected chi connectivity index (χ0v) is 7.93. The van der Waals surface area contributed by atoms with Crippen LogP contribution >= 0.6 is 0 Å². The Morgan fingerprint density at radius 2 is 2.27 bits per heavy atom. The molecule has 15 heavy (non-hydrogen) atoms. The summed E-state index contributed by atoms with van der Waals surface area (Å²) in [7, 11) is 0. The van der Waals surface area contributed by atoms with Crippen LogP contribution in [0.2, 0.25) is 0 Å². The maximum Gasteiger partial charge on any atom is 0.292 e. The van der Waals surface area contributed by atoms with E-state index in [1.165, 1.54) is 6.07 Å². The molecule has 0 bridgehead atoms. The molecule has 1 aliphatic rings. The molecule has 0 saturated heterocycles. The second-order valence-corrected chi connectivity index (χ2v) is 3.06. The Labute approximate surface area is 86.2 Å². The number of nitrogens with one attached hydrogen (secondary N) is 2. The van der Waals surface area contributed by atoms with Crippen LogP contribution in [0, 0.1) is 10.1 Å². The lowest BCUT2D eigenvalue weighted by molar-refractivity contribution is -0.383. The molecule has 0 fully saturated rings. The Bertz CT molecular complexity index is 416. The highest BCUT2D eigenvalue weighted by Gasteiger charge is 2.14. The molecule has 78 valence electrons. The third kappa shape index (κ3) is 2.04. The average molecular weight is 206 g/mol. The van der Waals surface area contributed by atoms with Crippen molar-refractivity contribution in [3.63, 3.8) is 0 Å². The molecular weight excluding hydrogens is 196 g/mol. The van der Waals surface area contributed by atoms with E-state index in [1.54, 1.807) is 18.2 Å². The number of aliphatic imine (C=N–C) groups is 1. The Morgan fingerprint density at radius 3 is 2.93 bits per heavy atom. The maximum absolute atomic E-state index is 10.7. The van der Waals surface area contributed by atoms with E-state index < -0.39 is 4.92 Å². The molecule has 0 saturated carbocycles. The molecule has 0 unspecified atom stereocenters. The Hall–Kier alpha value is -2.11. The van der Waals surface area contributed by atoms with E-state index in [9.17, 15) is 10.1 Å². The zero-order valence-electron chi connectivity index (χ0n) is 7.93. The first kappa shape index (κ1) is 9.45. The molecule has 2 N–H and O–H groups in total. The van der Waals surface area contributed by atoms with Crippen molar-refractivity contribution >= 4 is 17.3 Å². The first-order chi connectivity index (χ1) is 7.27. The maximum atomic E-state index is 10.7. The second kappa shape index (κ2) is 3.95. The average Bonchev–Trinajstić information content (AvgIpc) is 2.71.